The Labute approximate surface area is 581 Å². The van der Waals surface area contributed by atoms with Gasteiger partial charge < -0.3 is 76.5 Å². The second-order valence-corrected chi connectivity index (χ2v) is 25.0. The van der Waals surface area contributed by atoms with E-state index in [0.29, 0.717) is 0 Å². The number of rotatable bonds is 8. The Morgan fingerprint density at radius 1 is 0.480 bits per heavy atom. The number of likely N-dealkylation sites (N-methyl/N-ethyl adjacent to an activating group) is 2. The molecule has 75 heavy (non-hydrogen) atoms. The van der Waals surface area contributed by atoms with Crippen molar-refractivity contribution in [3.8, 4) is 0 Å². The summed E-state index contributed by atoms with van der Waals surface area (Å²) in [6.07, 6.45) is 19.5. The van der Waals surface area contributed by atoms with Gasteiger partial charge in [0.05, 0.1) is 65.2 Å². The summed E-state index contributed by atoms with van der Waals surface area (Å²) in [5.41, 5.74) is 0. The summed E-state index contributed by atoms with van der Waals surface area (Å²) < 4.78 is 4.09. The van der Waals surface area contributed by atoms with Crippen molar-refractivity contribution in [2.45, 2.75) is 137 Å². The van der Waals surface area contributed by atoms with Crippen molar-refractivity contribution in [1.82, 2.24) is 49.0 Å². The molecular formula is C53H113Cl2I7MnN12. The molecule has 0 aromatic rings. The molecular weight excluding hydrogens is 1820 g/mol. The van der Waals surface area contributed by atoms with Gasteiger partial charge in [0.2, 0.25) is 12.3 Å². The van der Waals surface area contributed by atoms with Gasteiger partial charge in [-0.15, -0.1) is 24.0 Å². The van der Waals surface area contributed by atoms with E-state index in [1.807, 2.05) is 4.93 Å². The summed E-state index contributed by atoms with van der Waals surface area (Å²) in [7, 11) is 14.4. The molecule has 0 aromatic carbocycles. The number of alkyl halides is 2. The third-order valence-electron chi connectivity index (χ3n) is 17.5. The van der Waals surface area contributed by atoms with E-state index >= 15 is 0 Å². The van der Waals surface area contributed by atoms with Crippen LogP contribution < -0.4 is 48.0 Å². The summed E-state index contributed by atoms with van der Waals surface area (Å²) in [6.45, 7) is 43.9. The fourth-order valence-electron chi connectivity index (χ4n) is 13.7. The summed E-state index contributed by atoms with van der Waals surface area (Å²) in [5.74, 6) is 0. The topological polar surface area (TPSA) is 32.4 Å². The Bertz CT molecular complexity index is 1310. The molecule has 10 rings (SSSR count). The van der Waals surface area contributed by atoms with Crippen molar-refractivity contribution in [2.24, 2.45) is 0 Å². The van der Waals surface area contributed by atoms with Crippen molar-refractivity contribution >= 4 is 127 Å². The average Bonchev–Trinajstić information content (AvgIpc) is 3.40. The van der Waals surface area contributed by atoms with Crippen LogP contribution in [0.5, 0.6) is 0 Å². The van der Waals surface area contributed by atoms with Crippen LogP contribution in [0.2, 0.25) is 0 Å². The quantitative estimate of drug-likeness (QED) is 0.150. The van der Waals surface area contributed by atoms with Crippen molar-refractivity contribution in [2.75, 3.05) is 207 Å². The molecule has 0 aromatic heterocycles. The van der Waals surface area contributed by atoms with Crippen LogP contribution in [-0.4, -0.2) is 289 Å². The molecule has 0 aliphatic carbocycles. The molecule has 10 aliphatic heterocycles. The summed E-state index contributed by atoms with van der Waals surface area (Å²) in [6, 6.07) is 0. The largest absolute Gasteiger partial charge is 1.00 e. The molecule has 0 spiro atoms. The normalized spacial score (nSPS) is 31.8. The second-order valence-electron chi connectivity index (χ2n) is 21.9. The summed E-state index contributed by atoms with van der Waals surface area (Å²) in [5, 5.41) is 0. The van der Waals surface area contributed by atoms with Gasteiger partial charge in [0.25, 0.3) is 0 Å². The number of halogens is 9. The first-order chi connectivity index (χ1) is 34.2. The first kappa shape index (κ1) is 82.8. The van der Waals surface area contributed by atoms with Crippen LogP contribution in [0.25, 0.3) is 0 Å². The molecule has 0 radical (unpaired) electrons. The van der Waals surface area contributed by atoms with Gasteiger partial charge >= 0.3 is 33.3 Å². The molecule has 10 aliphatic rings. The van der Waals surface area contributed by atoms with Crippen LogP contribution >= 0.6 is 127 Å². The summed E-state index contributed by atoms with van der Waals surface area (Å²) in [4.78, 5) is 29.3. The van der Waals surface area contributed by atoms with Gasteiger partial charge in [0, 0.05) is 155 Å². The predicted molar refractivity (Wildman–Crippen MR) is 362 cm³/mol. The minimum absolute atomic E-state index is 0. The smallest absolute Gasteiger partial charge is 1.00 e. The molecule has 10 fully saturated rings. The predicted octanol–water partition coefficient (Wildman–Crippen LogP) is 4.57. The van der Waals surface area contributed by atoms with Gasteiger partial charge in [-0.05, 0) is 94.1 Å². The van der Waals surface area contributed by atoms with Crippen LogP contribution in [0, 0.1) is 0 Å². The van der Waals surface area contributed by atoms with Crippen molar-refractivity contribution < 1.29 is 70.1 Å². The summed E-state index contributed by atoms with van der Waals surface area (Å²) >= 11 is 8.78. The third kappa shape index (κ3) is 26.1. The van der Waals surface area contributed by atoms with E-state index in [1.54, 1.807) is 0 Å². The number of unbranched alkanes of at least 4 members (excludes halogenated alkanes) is 3. The van der Waals surface area contributed by atoms with Crippen molar-refractivity contribution in [1.29, 1.82) is 0 Å². The Hall–Kier alpha value is 5.73. The van der Waals surface area contributed by atoms with Crippen LogP contribution in [0.4, 0.5) is 0 Å². The number of hydrogen-bond acceptors (Lipinski definition) is 10. The Kier molecular flexibility index (Phi) is 52.7. The zero-order valence-corrected chi connectivity index (χ0v) is 64.4. The molecule has 6 unspecified atom stereocenters. The standard InChI is InChI=1S/C17H34N4.C17H36N4.C12H22N4.C4H9I.CH3I.2CH4.2ClH.I2.3HI.Mn/c1-3-4-12-21-13-6-8-19-9-14-20(2)11-5-7-18(10-15-21)16(20)17(19)21;1-3-4-8-19-10-6-11-20-13-12-18(2)7-5-9-21(15-14-19)17-16-20;1-3-13-7-9-15-5-2-6-16-10-8-14(4-1)11(13)12(15)16;1-2-3-4-5;1-2;;;;;1-2;;;;/h16-17H,3-15H2,1-2H3;3-17H2,1-2H3;11-12H,1-10H2;2-4H2,1H3;1H3;2*1H4;2*1H;;3*1H;/q+2;;;;;;;;;;;;;+2/p-4. The Morgan fingerprint density at radius 3 is 1.40 bits per heavy atom. The van der Waals surface area contributed by atoms with Crippen LogP contribution in [-0.2, 0) is 13.1 Å². The van der Waals surface area contributed by atoms with E-state index in [9.17, 15) is 0 Å². The monoisotopic (exact) mass is 1930 g/mol. The van der Waals surface area contributed by atoms with Gasteiger partial charge in [-0.3, -0.25) is 19.6 Å². The van der Waals surface area contributed by atoms with E-state index in [0.717, 1.165) is 24.7 Å². The number of hydrogen-bond donors (Lipinski definition) is 0. The minimum Gasteiger partial charge on any atom is -1.00 e. The zero-order valence-electron chi connectivity index (χ0n) is 46.5. The fourth-order valence-corrected chi connectivity index (χ4v) is 14.5. The molecule has 0 saturated carbocycles. The number of nitrogens with zero attached hydrogens (tertiary/aromatic N) is 12. The third-order valence-corrected chi connectivity index (χ3v) is 18.3. The maximum Gasteiger partial charge on any atom is -1.00 e. The van der Waals surface area contributed by atoms with Gasteiger partial charge in [-0.25, -0.2) is 9.80 Å². The molecule has 455 valence electrons. The molecule has 2 bridgehead atoms. The van der Waals surface area contributed by atoms with E-state index < -0.39 is 0 Å². The molecule has 0 N–H and O–H groups in total. The number of fused-ring (bicyclic) bond motifs is 3. The molecule has 12 nitrogen and oxygen atoms in total. The van der Waals surface area contributed by atoms with E-state index in [2.05, 4.69) is 166 Å². The maximum absolute atomic E-state index is 4.80. The van der Waals surface area contributed by atoms with Gasteiger partial charge in [0.1, 0.15) is 0 Å². The molecule has 22 heteroatoms. The molecule has 0 amide bonds. The van der Waals surface area contributed by atoms with E-state index in [4.69, 9.17) is 20.2 Å². The van der Waals surface area contributed by atoms with Crippen LogP contribution in [0.1, 0.15) is 113 Å². The number of piperazine rings is 4. The first-order valence-electron chi connectivity index (χ1n) is 28.2. The average molecular weight is 1930 g/mol. The minimum atomic E-state index is 0. The Balaban J connectivity index is 0. The molecule has 6 atom stereocenters. The van der Waals surface area contributed by atoms with Crippen LogP contribution in [0.15, 0.2) is 0 Å². The maximum atomic E-state index is 4.80. The van der Waals surface area contributed by atoms with E-state index in [-0.39, 0.29) is 99.9 Å². The van der Waals surface area contributed by atoms with Crippen molar-refractivity contribution in [3.63, 3.8) is 0 Å². The molecule has 10 saturated heterocycles. The SMILES string of the molecule is C.C.C1CN2CCN3CCCN4CCN(C1)C2C34.CCCCI.CCCCN1CCCN2CCN(C)CCCN(CC1)CC2.CCCC[N+]12CCCN3CC[N+]4(C)CCCN(CC1)C4C32.CI.I.II.[Cl][Mn][Cl].[I-].[I-]. The Morgan fingerprint density at radius 2 is 0.907 bits per heavy atom. The van der Waals surface area contributed by atoms with Gasteiger partial charge in [-0.1, -0.05) is 100 Å². The van der Waals surface area contributed by atoms with Crippen LogP contribution in [0.3, 0.4) is 0 Å². The first-order valence-corrected chi connectivity index (χ1v) is 41.4. The van der Waals surface area contributed by atoms with Gasteiger partial charge in [-0.2, -0.15) is 0 Å². The number of quaternary nitrogens is 2. The van der Waals surface area contributed by atoms with Gasteiger partial charge in [0.15, 0.2) is 0 Å². The zero-order chi connectivity index (χ0) is 50.8. The molecule has 10 heterocycles. The second kappa shape index (κ2) is 47.8. The fraction of sp³-hybridized carbons (Fsp3) is 1.00. The van der Waals surface area contributed by atoms with Crippen molar-refractivity contribution in [3.05, 3.63) is 0 Å². The van der Waals surface area contributed by atoms with E-state index in [1.165, 1.54) is 274 Å².